The molecule has 0 spiro atoms. The number of nitrogens with two attached hydrogens (primary N) is 1. The monoisotopic (exact) mass is 294 g/mol. The van der Waals surface area contributed by atoms with E-state index in [4.69, 9.17) is 22.1 Å². The minimum absolute atomic E-state index is 0.00411. The van der Waals surface area contributed by atoms with E-state index in [-0.39, 0.29) is 22.4 Å². The van der Waals surface area contributed by atoms with Crippen molar-refractivity contribution >= 4 is 23.2 Å². The van der Waals surface area contributed by atoms with Gasteiger partial charge in [-0.3, -0.25) is 4.79 Å². The molecular weight excluding hydrogens is 283 g/mol. The maximum atomic E-state index is 13.3. The van der Waals surface area contributed by atoms with Crippen molar-refractivity contribution in [3.8, 4) is 11.5 Å². The molecule has 0 heterocycles. The first kappa shape index (κ1) is 14.1. The fourth-order valence-corrected chi connectivity index (χ4v) is 1.69. The van der Waals surface area contributed by atoms with Crippen molar-refractivity contribution in [1.82, 2.24) is 5.32 Å². The zero-order valence-corrected chi connectivity index (χ0v) is 11.4. The Labute approximate surface area is 120 Å². The fourth-order valence-electron chi connectivity index (χ4n) is 1.58. The number of benzene rings is 2. The molecule has 0 aromatic heterocycles. The average Bonchev–Trinajstić information content (AvgIpc) is 2.44. The van der Waals surface area contributed by atoms with E-state index >= 15 is 0 Å². The van der Waals surface area contributed by atoms with Gasteiger partial charge in [-0.1, -0.05) is 11.6 Å². The molecule has 0 radical (unpaired) electrons. The van der Waals surface area contributed by atoms with Crippen LogP contribution in [-0.2, 0) is 0 Å². The number of nitrogens with one attached hydrogen (secondary N) is 1. The molecule has 2 rings (SSSR count). The average molecular weight is 295 g/mol. The summed E-state index contributed by atoms with van der Waals surface area (Å²) in [4.78, 5) is 11.5. The summed E-state index contributed by atoms with van der Waals surface area (Å²) in [5, 5.41) is 2.50. The minimum Gasteiger partial charge on any atom is -0.455 e. The van der Waals surface area contributed by atoms with Crippen LogP contribution in [0.2, 0.25) is 5.02 Å². The molecule has 0 atom stereocenters. The molecule has 3 N–H and O–H groups in total. The van der Waals surface area contributed by atoms with Crippen molar-refractivity contribution in [3.63, 3.8) is 0 Å². The van der Waals surface area contributed by atoms with Crippen molar-refractivity contribution < 1.29 is 13.9 Å². The molecule has 0 aliphatic heterocycles. The number of nitrogen functional groups attached to an aromatic ring is 1. The van der Waals surface area contributed by atoms with Gasteiger partial charge in [0.05, 0.1) is 10.7 Å². The number of ether oxygens (including phenoxy) is 1. The Balaban J connectivity index is 2.32. The van der Waals surface area contributed by atoms with Gasteiger partial charge in [-0.2, -0.15) is 0 Å². The Morgan fingerprint density at radius 1 is 1.30 bits per heavy atom. The molecule has 4 nitrogen and oxygen atoms in total. The van der Waals surface area contributed by atoms with Gasteiger partial charge in [0.2, 0.25) is 0 Å². The second-order valence-corrected chi connectivity index (χ2v) is 4.42. The van der Waals surface area contributed by atoms with Crippen LogP contribution in [0.5, 0.6) is 11.5 Å². The third kappa shape index (κ3) is 3.00. The van der Waals surface area contributed by atoms with Gasteiger partial charge in [0, 0.05) is 18.7 Å². The molecule has 0 aliphatic carbocycles. The van der Waals surface area contributed by atoms with Crippen LogP contribution in [0.1, 0.15) is 10.4 Å². The van der Waals surface area contributed by atoms with Gasteiger partial charge in [-0.05, 0) is 30.3 Å². The van der Waals surface area contributed by atoms with Crippen LogP contribution in [0.15, 0.2) is 36.4 Å². The lowest BCUT2D eigenvalue weighted by Crippen LogP contribution is -2.17. The summed E-state index contributed by atoms with van der Waals surface area (Å²) < 4.78 is 18.8. The summed E-state index contributed by atoms with van der Waals surface area (Å²) in [5.74, 6) is -0.345. The van der Waals surface area contributed by atoms with E-state index < -0.39 is 5.82 Å². The Morgan fingerprint density at radius 2 is 2.05 bits per heavy atom. The molecular formula is C14H12ClFN2O2. The SMILES string of the molecule is CNC(=O)c1ccc(N)c(Oc2ccc(Cl)c(F)c2)c1. The summed E-state index contributed by atoms with van der Waals surface area (Å²) in [6, 6.07) is 8.65. The molecule has 2 aromatic carbocycles. The molecule has 0 unspecified atom stereocenters. The predicted molar refractivity (Wildman–Crippen MR) is 75.7 cm³/mol. The van der Waals surface area contributed by atoms with Crippen LogP contribution in [0.3, 0.4) is 0 Å². The van der Waals surface area contributed by atoms with Crippen molar-refractivity contribution in [3.05, 3.63) is 52.8 Å². The predicted octanol–water partition coefficient (Wildman–Crippen LogP) is 3.21. The third-order valence-corrected chi connectivity index (χ3v) is 2.93. The van der Waals surface area contributed by atoms with Crippen LogP contribution >= 0.6 is 11.6 Å². The van der Waals surface area contributed by atoms with Crippen LogP contribution in [-0.4, -0.2) is 13.0 Å². The normalized spacial score (nSPS) is 10.2. The third-order valence-electron chi connectivity index (χ3n) is 2.62. The van der Waals surface area contributed by atoms with E-state index in [1.165, 1.54) is 25.2 Å². The number of hydrogen-bond donors (Lipinski definition) is 2. The number of carbonyl (C=O) groups excluding carboxylic acids is 1. The minimum atomic E-state index is -0.592. The molecule has 0 fully saturated rings. The van der Waals surface area contributed by atoms with E-state index in [1.54, 1.807) is 12.1 Å². The zero-order chi connectivity index (χ0) is 14.7. The smallest absolute Gasteiger partial charge is 0.251 e. The highest BCUT2D eigenvalue weighted by Gasteiger charge is 2.10. The maximum Gasteiger partial charge on any atom is 0.251 e. The zero-order valence-electron chi connectivity index (χ0n) is 10.6. The molecule has 0 saturated heterocycles. The van der Waals surface area contributed by atoms with Gasteiger partial charge < -0.3 is 15.8 Å². The van der Waals surface area contributed by atoms with Gasteiger partial charge in [0.15, 0.2) is 5.75 Å². The number of halogens is 2. The van der Waals surface area contributed by atoms with Crippen LogP contribution in [0, 0.1) is 5.82 Å². The van der Waals surface area contributed by atoms with E-state index in [9.17, 15) is 9.18 Å². The standard InChI is InChI=1S/C14H12ClFN2O2/c1-18-14(19)8-2-5-12(17)13(6-8)20-9-3-4-10(15)11(16)7-9/h2-7H,17H2,1H3,(H,18,19). The quantitative estimate of drug-likeness (QED) is 0.854. The Kier molecular flexibility index (Phi) is 4.10. The summed E-state index contributed by atoms with van der Waals surface area (Å²) in [7, 11) is 1.52. The van der Waals surface area contributed by atoms with Crippen LogP contribution in [0.4, 0.5) is 10.1 Å². The fraction of sp³-hybridized carbons (Fsp3) is 0.0714. The molecule has 0 aliphatic rings. The second-order valence-electron chi connectivity index (χ2n) is 4.01. The molecule has 1 amide bonds. The van der Waals surface area contributed by atoms with Crippen molar-refractivity contribution in [2.24, 2.45) is 0 Å². The highest BCUT2D eigenvalue weighted by Crippen LogP contribution is 2.30. The number of anilines is 1. The van der Waals surface area contributed by atoms with Crippen LogP contribution < -0.4 is 15.8 Å². The van der Waals surface area contributed by atoms with E-state index in [0.717, 1.165) is 6.07 Å². The molecule has 2 aromatic rings. The van der Waals surface area contributed by atoms with Gasteiger partial charge in [0.25, 0.3) is 5.91 Å². The maximum absolute atomic E-state index is 13.3. The van der Waals surface area contributed by atoms with Gasteiger partial charge in [-0.25, -0.2) is 4.39 Å². The first-order chi connectivity index (χ1) is 9.51. The van der Waals surface area contributed by atoms with E-state index in [0.29, 0.717) is 11.3 Å². The molecule has 20 heavy (non-hydrogen) atoms. The topological polar surface area (TPSA) is 64.4 Å². The summed E-state index contributed by atoms with van der Waals surface area (Å²) in [5.41, 5.74) is 6.51. The summed E-state index contributed by atoms with van der Waals surface area (Å²) in [6.45, 7) is 0. The summed E-state index contributed by atoms with van der Waals surface area (Å²) >= 11 is 5.59. The lowest BCUT2D eigenvalue weighted by molar-refractivity contribution is 0.0963. The lowest BCUT2D eigenvalue weighted by Gasteiger charge is -2.10. The van der Waals surface area contributed by atoms with Crippen LogP contribution in [0.25, 0.3) is 0 Å². The van der Waals surface area contributed by atoms with Crippen molar-refractivity contribution in [2.45, 2.75) is 0 Å². The Bertz CT molecular complexity index is 662. The van der Waals surface area contributed by atoms with Gasteiger partial charge in [-0.15, -0.1) is 0 Å². The van der Waals surface area contributed by atoms with E-state index in [1.807, 2.05) is 0 Å². The number of carbonyl (C=O) groups is 1. The van der Waals surface area contributed by atoms with Crippen molar-refractivity contribution in [2.75, 3.05) is 12.8 Å². The second kappa shape index (κ2) is 5.79. The highest BCUT2D eigenvalue weighted by molar-refractivity contribution is 6.30. The van der Waals surface area contributed by atoms with Crippen molar-refractivity contribution in [1.29, 1.82) is 0 Å². The van der Waals surface area contributed by atoms with E-state index in [2.05, 4.69) is 5.32 Å². The summed E-state index contributed by atoms with van der Waals surface area (Å²) in [6.07, 6.45) is 0. The number of hydrogen-bond acceptors (Lipinski definition) is 3. The van der Waals surface area contributed by atoms with Gasteiger partial charge >= 0.3 is 0 Å². The number of amides is 1. The lowest BCUT2D eigenvalue weighted by atomic mass is 10.2. The van der Waals surface area contributed by atoms with Gasteiger partial charge in [0.1, 0.15) is 11.6 Å². The highest BCUT2D eigenvalue weighted by atomic mass is 35.5. The Morgan fingerprint density at radius 3 is 2.70 bits per heavy atom. The molecule has 6 heteroatoms. The first-order valence-corrected chi connectivity index (χ1v) is 6.13. The first-order valence-electron chi connectivity index (χ1n) is 5.76. The largest absolute Gasteiger partial charge is 0.455 e. The Hall–Kier alpha value is -2.27. The molecule has 0 saturated carbocycles. The number of rotatable bonds is 3. The molecule has 0 bridgehead atoms. The molecule has 104 valence electrons.